The van der Waals surface area contributed by atoms with E-state index in [1.54, 1.807) is 11.3 Å². The zero-order valence-electron chi connectivity index (χ0n) is 15.1. The van der Waals surface area contributed by atoms with Gasteiger partial charge in [-0.25, -0.2) is 4.98 Å². The molecule has 1 amide bonds. The topological polar surface area (TPSA) is 33.2 Å². The molecule has 1 fully saturated rings. The first kappa shape index (κ1) is 17.2. The van der Waals surface area contributed by atoms with Crippen LogP contribution in [0.2, 0.25) is 0 Å². The predicted octanol–water partition coefficient (Wildman–Crippen LogP) is 5.58. The fourth-order valence-corrected chi connectivity index (χ4v) is 4.60. The van der Waals surface area contributed by atoms with Crippen LogP contribution in [0.15, 0.2) is 48.0 Å². The maximum absolute atomic E-state index is 13.4. The van der Waals surface area contributed by atoms with Crippen molar-refractivity contribution in [1.29, 1.82) is 0 Å². The minimum Gasteiger partial charge on any atom is -0.331 e. The fraction of sp³-hybridized carbons (Fsp3) is 0.364. The highest BCUT2D eigenvalue weighted by Crippen LogP contribution is 2.27. The number of rotatable bonds is 4. The van der Waals surface area contributed by atoms with Crippen LogP contribution in [-0.4, -0.2) is 21.8 Å². The van der Waals surface area contributed by atoms with Gasteiger partial charge in [0.05, 0.1) is 15.7 Å². The average Bonchev–Trinajstić information content (AvgIpc) is 3.15. The van der Waals surface area contributed by atoms with E-state index in [0.717, 1.165) is 28.6 Å². The van der Waals surface area contributed by atoms with Crippen LogP contribution in [-0.2, 0) is 6.54 Å². The Morgan fingerprint density at radius 3 is 2.77 bits per heavy atom. The van der Waals surface area contributed by atoms with E-state index in [9.17, 15) is 4.79 Å². The van der Waals surface area contributed by atoms with Gasteiger partial charge >= 0.3 is 0 Å². The highest BCUT2D eigenvalue weighted by atomic mass is 32.1. The number of nitrogens with zero attached hydrogens (tertiary/aromatic N) is 2. The van der Waals surface area contributed by atoms with E-state index in [0.29, 0.717) is 12.6 Å². The first-order chi connectivity index (χ1) is 12.7. The van der Waals surface area contributed by atoms with Gasteiger partial charge in [0.15, 0.2) is 0 Å². The minimum atomic E-state index is 0.149. The first-order valence-electron chi connectivity index (χ1n) is 9.41. The van der Waals surface area contributed by atoms with Crippen molar-refractivity contribution in [1.82, 2.24) is 9.88 Å². The van der Waals surface area contributed by atoms with Gasteiger partial charge in [0.25, 0.3) is 5.91 Å². The Morgan fingerprint density at radius 2 is 1.96 bits per heavy atom. The van der Waals surface area contributed by atoms with Crippen molar-refractivity contribution in [2.75, 3.05) is 0 Å². The Balaban J connectivity index is 1.66. The van der Waals surface area contributed by atoms with Crippen molar-refractivity contribution in [3.8, 4) is 0 Å². The third-order valence-electron chi connectivity index (χ3n) is 5.46. The van der Waals surface area contributed by atoms with Crippen molar-refractivity contribution in [3.05, 3.63) is 64.7 Å². The van der Waals surface area contributed by atoms with Crippen molar-refractivity contribution < 1.29 is 4.79 Å². The molecule has 2 aromatic carbocycles. The molecule has 0 N–H and O–H groups in total. The molecule has 0 aliphatic heterocycles. The number of hydrogen-bond acceptors (Lipinski definition) is 3. The number of fused-ring (bicyclic) bond motifs is 1. The van der Waals surface area contributed by atoms with Crippen LogP contribution in [0.3, 0.4) is 0 Å². The van der Waals surface area contributed by atoms with Crippen molar-refractivity contribution in [2.24, 2.45) is 0 Å². The van der Waals surface area contributed by atoms with E-state index in [1.807, 2.05) is 23.7 Å². The number of amides is 1. The van der Waals surface area contributed by atoms with Gasteiger partial charge in [0.2, 0.25) is 0 Å². The van der Waals surface area contributed by atoms with Gasteiger partial charge in [-0.3, -0.25) is 4.79 Å². The number of aryl methyl sites for hydroxylation is 1. The second kappa shape index (κ2) is 7.58. The molecule has 0 radical (unpaired) electrons. The van der Waals surface area contributed by atoms with Crippen LogP contribution in [0.1, 0.15) is 53.6 Å². The molecule has 26 heavy (non-hydrogen) atoms. The highest BCUT2D eigenvalue weighted by molar-refractivity contribution is 7.16. The summed E-state index contributed by atoms with van der Waals surface area (Å²) in [4.78, 5) is 19.9. The summed E-state index contributed by atoms with van der Waals surface area (Å²) in [6.45, 7) is 2.82. The molecule has 0 saturated heterocycles. The van der Waals surface area contributed by atoms with E-state index in [-0.39, 0.29) is 5.91 Å². The summed E-state index contributed by atoms with van der Waals surface area (Å²) in [6.07, 6.45) is 5.95. The normalized spacial score (nSPS) is 15.3. The van der Waals surface area contributed by atoms with Crippen LogP contribution in [0.5, 0.6) is 0 Å². The Morgan fingerprint density at radius 1 is 1.15 bits per heavy atom. The smallest absolute Gasteiger partial charge is 0.254 e. The van der Waals surface area contributed by atoms with E-state index in [4.69, 9.17) is 0 Å². The molecule has 4 heteroatoms. The number of hydrogen-bond donors (Lipinski definition) is 0. The lowest BCUT2D eigenvalue weighted by molar-refractivity contribution is 0.0614. The van der Waals surface area contributed by atoms with Gasteiger partial charge < -0.3 is 4.90 Å². The molecule has 1 aliphatic rings. The number of carbonyl (C=O) groups is 1. The molecule has 0 bridgehead atoms. The van der Waals surface area contributed by atoms with Gasteiger partial charge in [-0.05, 0) is 49.1 Å². The number of benzene rings is 2. The number of carbonyl (C=O) groups excluding carboxylic acids is 1. The van der Waals surface area contributed by atoms with E-state index >= 15 is 0 Å². The summed E-state index contributed by atoms with van der Waals surface area (Å²) in [5.41, 5.74) is 6.07. The molecule has 0 atom stereocenters. The molecule has 134 valence electrons. The maximum atomic E-state index is 13.4. The van der Waals surface area contributed by atoms with Crippen LogP contribution < -0.4 is 0 Å². The minimum absolute atomic E-state index is 0.149. The standard InChI is InChI=1S/C22H24N2OS/c1-16-7-5-6-8-18(16)14-24(19-9-3-2-4-10-19)22(25)17-11-12-20-21(13-17)26-15-23-20/h5-8,11-13,15,19H,2-4,9-10,14H2,1H3. The van der Waals surface area contributed by atoms with Crippen molar-refractivity contribution in [3.63, 3.8) is 0 Å². The number of aromatic nitrogens is 1. The molecule has 3 nitrogen and oxygen atoms in total. The van der Waals surface area contributed by atoms with Crippen molar-refractivity contribution in [2.45, 2.75) is 51.6 Å². The molecular formula is C22H24N2OS. The monoisotopic (exact) mass is 364 g/mol. The Kier molecular flexibility index (Phi) is 5.02. The summed E-state index contributed by atoms with van der Waals surface area (Å²) in [7, 11) is 0. The zero-order chi connectivity index (χ0) is 17.9. The summed E-state index contributed by atoms with van der Waals surface area (Å²) in [5.74, 6) is 0.149. The summed E-state index contributed by atoms with van der Waals surface area (Å²) in [5, 5.41) is 0. The molecule has 0 unspecified atom stereocenters. The van der Waals surface area contributed by atoms with Crippen LogP contribution in [0, 0.1) is 6.92 Å². The molecule has 1 aliphatic carbocycles. The average molecular weight is 365 g/mol. The lowest BCUT2D eigenvalue weighted by Crippen LogP contribution is -2.41. The summed E-state index contributed by atoms with van der Waals surface area (Å²) >= 11 is 1.59. The summed E-state index contributed by atoms with van der Waals surface area (Å²) < 4.78 is 1.08. The SMILES string of the molecule is Cc1ccccc1CN(C(=O)c1ccc2ncsc2c1)C1CCCCC1. The third kappa shape index (κ3) is 3.51. The molecule has 1 aromatic heterocycles. The molecule has 3 aromatic rings. The lowest BCUT2D eigenvalue weighted by atomic mass is 9.93. The van der Waals surface area contributed by atoms with Crippen LogP contribution >= 0.6 is 11.3 Å². The molecule has 4 rings (SSSR count). The second-order valence-corrected chi connectivity index (χ2v) is 8.07. The van der Waals surface area contributed by atoms with Gasteiger partial charge in [-0.1, -0.05) is 43.5 Å². The quantitative estimate of drug-likeness (QED) is 0.605. The van der Waals surface area contributed by atoms with E-state index < -0.39 is 0 Å². The Labute approximate surface area is 158 Å². The van der Waals surface area contributed by atoms with Crippen LogP contribution in [0.4, 0.5) is 0 Å². The number of thiazole rings is 1. The third-order valence-corrected chi connectivity index (χ3v) is 6.25. The van der Waals surface area contributed by atoms with Crippen molar-refractivity contribution >= 4 is 27.5 Å². The predicted molar refractivity (Wildman–Crippen MR) is 108 cm³/mol. The maximum Gasteiger partial charge on any atom is 0.254 e. The van der Waals surface area contributed by atoms with E-state index in [2.05, 4.69) is 41.1 Å². The summed E-state index contributed by atoms with van der Waals surface area (Å²) in [6, 6.07) is 14.6. The highest BCUT2D eigenvalue weighted by Gasteiger charge is 2.27. The first-order valence-corrected chi connectivity index (χ1v) is 10.3. The second-order valence-electron chi connectivity index (χ2n) is 7.19. The molecular weight excluding hydrogens is 340 g/mol. The fourth-order valence-electron chi connectivity index (χ4n) is 3.88. The lowest BCUT2D eigenvalue weighted by Gasteiger charge is -2.35. The van der Waals surface area contributed by atoms with Gasteiger partial charge in [-0.15, -0.1) is 11.3 Å². The zero-order valence-corrected chi connectivity index (χ0v) is 16.0. The largest absolute Gasteiger partial charge is 0.331 e. The van der Waals surface area contributed by atoms with Crippen LogP contribution in [0.25, 0.3) is 10.2 Å². The van der Waals surface area contributed by atoms with Gasteiger partial charge in [-0.2, -0.15) is 0 Å². The van der Waals surface area contributed by atoms with Gasteiger partial charge in [0.1, 0.15) is 0 Å². The Bertz CT molecular complexity index is 911. The molecule has 0 spiro atoms. The molecule has 1 heterocycles. The molecule has 1 saturated carbocycles. The Hall–Kier alpha value is -2.20. The van der Waals surface area contributed by atoms with E-state index in [1.165, 1.54) is 30.4 Å². The van der Waals surface area contributed by atoms with Gasteiger partial charge in [0, 0.05) is 18.2 Å².